The molecule has 2 atom stereocenters. The number of nitriles is 1. The summed E-state index contributed by atoms with van der Waals surface area (Å²) >= 11 is 5.47. The third-order valence-corrected chi connectivity index (χ3v) is 9.54. The average molecular weight is 893 g/mol. The Balaban J connectivity index is 1.22. The molecule has 65 heavy (non-hydrogen) atoms. The lowest BCUT2D eigenvalue weighted by Crippen LogP contribution is -2.43. The van der Waals surface area contributed by atoms with Crippen molar-refractivity contribution in [3.05, 3.63) is 155 Å². The van der Waals surface area contributed by atoms with Gasteiger partial charge in [0.2, 0.25) is 5.91 Å². The fourth-order valence-corrected chi connectivity index (χ4v) is 6.30. The number of rotatable bonds is 18. The molecule has 4 amide bonds. The fourth-order valence-electron chi connectivity index (χ4n) is 6.05. The van der Waals surface area contributed by atoms with Gasteiger partial charge in [-0.1, -0.05) is 49.1 Å². The van der Waals surface area contributed by atoms with E-state index in [4.69, 9.17) is 38.1 Å². The van der Waals surface area contributed by atoms with Gasteiger partial charge in [0.1, 0.15) is 17.6 Å². The first-order chi connectivity index (χ1) is 31.1. The topological polar surface area (TPSA) is 200 Å². The summed E-state index contributed by atoms with van der Waals surface area (Å²) in [4.78, 5) is 54.1. The van der Waals surface area contributed by atoms with Crippen molar-refractivity contribution in [2.24, 2.45) is 0 Å². The Kier molecular flexibility index (Phi) is 16.7. The van der Waals surface area contributed by atoms with Crippen LogP contribution in [0.15, 0.2) is 122 Å². The van der Waals surface area contributed by atoms with E-state index in [0.29, 0.717) is 33.2 Å². The molecule has 0 bridgehead atoms. The highest BCUT2D eigenvalue weighted by Gasteiger charge is 2.25. The van der Waals surface area contributed by atoms with Gasteiger partial charge >= 0.3 is 0 Å². The van der Waals surface area contributed by atoms with Gasteiger partial charge in [-0.15, -0.1) is 12.3 Å². The zero-order chi connectivity index (χ0) is 47.1. The molecule has 14 nitrogen and oxygen atoms in total. The largest absolute Gasteiger partial charge is 0.488 e. The molecule has 0 saturated carbocycles. The highest BCUT2D eigenvalue weighted by atomic mass is 32.1. The van der Waals surface area contributed by atoms with Crippen molar-refractivity contribution in [2.75, 3.05) is 34.5 Å². The Morgan fingerprint density at radius 3 is 1.89 bits per heavy atom. The van der Waals surface area contributed by atoms with E-state index < -0.39 is 41.6 Å². The van der Waals surface area contributed by atoms with Gasteiger partial charge in [0.25, 0.3) is 17.7 Å². The van der Waals surface area contributed by atoms with Crippen molar-refractivity contribution in [1.82, 2.24) is 5.32 Å². The summed E-state index contributed by atoms with van der Waals surface area (Å²) in [6.07, 6.45) is 5.81. The molecule has 1 unspecified atom stereocenters. The van der Waals surface area contributed by atoms with Crippen LogP contribution >= 0.6 is 12.2 Å². The number of hydrogen-bond donors (Lipinski definition) is 6. The quantitative estimate of drug-likeness (QED) is 0.0214. The molecule has 0 heterocycles. The SMILES string of the molecule is C#CC[C@H](NC(=O)c1ccc(NC(=S)c2ccc(C#N)cc2)cc1)C(=O)Nc1ccc(C(=O)Nc2ccc(C(=O)Nc3ccc(C(O)OC(C)(C)C)cc3)c(OCC=C)c2OCC)cc1. The molecule has 5 aromatic rings. The monoisotopic (exact) mass is 892 g/mol. The van der Waals surface area contributed by atoms with Gasteiger partial charge in [-0.3, -0.25) is 19.2 Å². The second kappa shape index (κ2) is 22.5. The highest BCUT2D eigenvalue weighted by molar-refractivity contribution is 7.81. The highest BCUT2D eigenvalue weighted by Crippen LogP contribution is 2.40. The van der Waals surface area contributed by atoms with Crippen LogP contribution in [-0.2, 0) is 9.53 Å². The molecule has 0 aromatic heterocycles. The van der Waals surface area contributed by atoms with Crippen LogP contribution in [0.4, 0.5) is 22.7 Å². The second-order valence-corrected chi connectivity index (χ2v) is 15.6. The summed E-state index contributed by atoms with van der Waals surface area (Å²) in [5.41, 5.74) is 3.46. The Labute approximate surface area is 383 Å². The van der Waals surface area contributed by atoms with Crippen LogP contribution in [0.25, 0.3) is 0 Å². The molecule has 0 saturated heterocycles. The van der Waals surface area contributed by atoms with Crippen molar-refractivity contribution in [3.8, 4) is 29.9 Å². The maximum absolute atomic E-state index is 13.6. The van der Waals surface area contributed by atoms with Crippen LogP contribution in [0.1, 0.15) is 88.2 Å². The van der Waals surface area contributed by atoms with Crippen LogP contribution in [0.3, 0.4) is 0 Å². The Bertz CT molecular complexity index is 2610. The molecular weight excluding hydrogens is 845 g/mol. The van der Waals surface area contributed by atoms with Gasteiger partial charge in [0, 0.05) is 45.7 Å². The molecule has 0 spiro atoms. The van der Waals surface area contributed by atoms with Crippen molar-refractivity contribution >= 4 is 63.6 Å². The molecule has 0 fully saturated rings. The number of aliphatic hydroxyl groups excluding tert-OH is 1. The number of nitrogens with one attached hydrogen (secondary N) is 5. The molecule has 5 rings (SSSR count). The second-order valence-electron chi connectivity index (χ2n) is 15.2. The summed E-state index contributed by atoms with van der Waals surface area (Å²) in [5, 5.41) is 33.6. The van der Waals surface area contributed by atoms with E-state index in [9.17, 15) is 24.3 Å². The lowest BCUT2D eigenvalue weighted by molar-refractivity contribution is -0.169. The standard InChI is InChI=1S/C50H48N6O8S/c1-7-10-41(56-45(58)33-17-23-38(24-18-33)54-48(65)34-13-11-31(30-51)12-14-34)47(60)53-37-21-15-32(16-22-37)44(57)55-40-28-27-39(42(63-29-8-2)43(40)62-9-3)46(59)52-36-25-19-35(20-26-36)49(61)64-50(4,5)6/h1,8,11-28,41,49,61H,2,9-10,29H2,3-6H3,(H,52,59)(H,53,60)(H,54,65)(H,55,57)(H,56,58)/t41-,49?/m0/s1. The minimum Gasteiger partial charge on any atom is -0.488 e. The van der Waals surface area contributed by atoms with Gasteiger partial charge in [0.15, 0.2) is 17.8 Å². The van der Waals surface area contributed by atoms with Gasteiger partial charge in [-0.25, -0.2) is 0 Å². The number of ether oxygens (including phenoxy) is 3. The minimum absolute atomic E-state index is 0.0282. The van der Waals surface area contributed by atoms with Crippen molar-refractivity contribution in [2.45, 2.75) is 52.0 Å². The summed E-state index contributed by atoms with van der Waals surface area (Å²) in [5.74, 6) is 0.480. The van der Waals surface area contributed by atoms with Crippen LogP contribution in [0.2, 0.25) is 0 Å². The number of carbonyl (C=O) groups is 4. The Hall–Kier alpha value is -7.82. The van der Waals surface area contributed by atoms with E-state index >= 15 is 0 Å². The molecule has 0 radical (unpaired) electrons. The van der Waals surface area contributed by atoms with Gasteiger partial charge in [-0.05, 0) is 113 Å². The van der Waals surface area contributed by atoms with Crippen molar-refractivity contribution in [1.29, 1.82) is 5.26 Å². The van der Waals surface area contributed by atoms with E-state index in [2.05, 4.69) is 45.2 Å². The number of aliphatic hydroxyl groups is 1. The number of anilines is 4. The third kappa shape index (κ3) is 13.6. The number of thiocarbonyl (C=S) groups is 1. The van der Waals surface area contributed by atoms with Crippen LogP contribution in [0, 0.1) is 23.7 Å². The first-order valence-corrected chi connectivity index (χ1v) is 20.7. The van der Waals surface area contributed by atoms with Gasteiger partial charge < -0.3 is 45.9 Å². The van der Waals surface area contributed by atoms with Crippen LogP contribution in [0.5, 0.6) is 11.5 Å². The number of nitrogens with zero attached hydrogens (tertiary/aromatic N) is 1. The average Bonchev–Trinajstić information content (AvgIpc) is 3.29. The summed E-state index contributed by atoms with van der Waals surface area (Å²) in [7, 11) is 0. The van der Waals surface area contributed by atoms with E-state index in [1.807, 2.05) is 20.8 Å². The van der Waals surface area contributed by atoms with Crippen molar-refractivity contribution in [3.63, 3.8) is 0 Å². The molecule has 0 aliphatic heterocycles. The molecule has 5 aromatic carbocycles. The van der Waals surface area contributed by atoms with Gasteiger partial charge in [0.05, 0.1) is 35.1 Å². The zero-order valence-electron chi connectivity index (χ0n) is 36.2. The Morgan fingerprint density at radius 2 is 1.32 bits per heavy atom. The predicted octanol–water partition coefficient (Wildman–Crippen LogP) is 8.38. The molecule has 6 N–H and O–H groups in total. The summed E-state index contributed by atoms with van der Waals surface area (Å²) in [6, 6.07) is 29.9. The first kappa shape index (κ1) is 48.2. The molecular formula is C50H48N6O8S. The van der Waals surface area contributed by atoms with Crippen molar-refractivity contribution < 1.29 is 38.5 Å². The first-order valence-electron chi connectivity index (χ1n) is 20.3. The fraction of sp³-hybridized carbons (Fsp3) is 0.200. The van der Waals surface area contributed by atoms with Crippen LogP contribution < -0.4 is 36.1 Å². The number of carbonyl (C=O) groups excluding carboxylic acids is 4. The smallest absolute Gasteiger partial charge is 0.259 e. The summed E-state index contributed by atoms with van der Waals surface area (Å²) in [6.45, 7) is 11.1. The zero-order valence-corrected chi connectivity index (χ0v) is 37.0. The predicted molar refractivity (Wildman–Crippen MR) is 254 cm³/mol. The lowest BCUT2D eigenvalue weighted by atomic mass is 10.1. The number of hydrogen-bond acceptors (Lipinski definition) is 10. The third-order valence-electron chi connectivity index (χ3n) is 9.20. The van der Waals surface area contributed by atoms with E-state index in [-0.39, 0.29) is 53.5 Å². The van der Waals surface area contributed by atoms with E-state index in [0.717, 1.165) is 5.56 Å². The minimum atomic E-state index is -1.15. The van der Waals surface area contributed by atoms with Gasteiger partial charge in [-0.2, -0.15) is 5.26 Å². The van der Waals surface area contributed by atoms with E-state index in [1.165, 1.54) is 42.5 Å². The molecule has 0 aliphatic carbocycles. The van der Waals surface area contributed by atoms with E-state index in [1.54, 1.807) is 79.7 Å². The Morgan fingerprint density at radius 1 is 0.754 bits per heavy atom. The maximum Gasteiger partial charge on any atom is 0.259 e. The maximum atomic E-state index is 13.6. The number of terminal acetylenes is 1. The normalized spacial score (nSPS) is 11.6. The van der Waals surface area contributed by atoms with Crippen LogP contribution in [-0.4, -0.2) is 58.6 Å². The number of benzene rings is 5. The lowest BCUT2D eigenvalue weighted by Gasteiger charge is -2.24. The molecule has 0 aliphatic rings. The number of amides is 4. The molecule has 332 valence electrons. The molecule has 15 heteroatoms. The summed E-state index contributed by atoms with van der Waals surface area (Å²) < 4.78 is 17.5.